The Morgan fingerprint density at radius 3 is 2.32 bits per heavy atom. The highest BCUT2D eigenvalue weighted by Gasteiger charge is 2.72. The molecule has 10 atom stereocenters. The fourth-order valence-electron chi connectivity index (χ4n) is 10.3. The number of hydrogen-bond acceptors (Lipinski definition) is 6. The van der Waals surface area contributed by atoms with E-state index in [9.17, 15) is 14.7 Å². The number of allylic oxidation sites excluding steroid dienone is 3. The van der Waals surface area contributed by atoms with Gasteiger partial charge < -0.3 is 19.3 Å². The first-order valence-corrected chi connectivity index (χ1v) is 18.4. The average molecular weight is 743 g/mol. The number of ether oxygens (including phenoxy) is 3. The zero-order chi connectivity index (χ0) is 32.8. The first kappa shape index (κ1) is 35.7. The number of alkyl halides is 1. The summed E-state index contributed by atoms with van der Waals surface area (Å²) in [7, 11) is 0. The van der Waals surface area contributed by atoms with Crippen LogP contribution >= 0.6 is 31.9 Å². The van der Waals surface area contributed by atoms with E-state index in [4.69, 9.17) is 14.2 Å². The zero-order valence-electron chi connectivity index (χ0n) is 28.1. The highest BCUT2D eigenvalue weighted by Crippen LogP contribution is 2.75. The van der Waals surface area contributed by atoms with Gasteiger partial charge in [0.05, 0.1) is 11.9 Å². The SMILES string of the molecule is C=C(C)OC1C[C@@]2(C)[C@@H](C[C@@H](O)[C@H]3[C@@]4(C)CC[C@@H](C)[C@H](C)[C@@H]4CC[C@]32CBr)/C1=C(\CCC(Br)=C(C)C)C(=O)OCOC(C)=O. The van der Waals surface area contributed by atoms with E-state index in [0.29, 0.717) is 48.3 Å². The summed E-state index contributed by atoms with van der Waals surface area (Å²) in [5, 5.41) is 13.1. The Balaban J connectivity index is 1.86. The second kappa shape index (κ2) is 13.5. The van der Waals surface area contributed by atoms with Crippen molar-refractivity contribution < 1.29 is 28.9 Å². The van der Waals surface area contributed by atoms with Gasteiger partial charge in [-0.25, -0.2) is 4.79 Å². The van der Waals surface area contributed by atoms with E-state index in [-0.39, 0.29) is 34.2 Å². The van der Waals surface area contributed by atoms with Crippen molar-refractivity contribution in [2.24, 2.45) is 45.8 Å². The maximum absolute atomic E-state index is 13.9. The van der Waals surface area contributed by atoms with Gasteiger partial charge in [-0.3, -0.25) is 4.79 Å². The van der Waals surface area contributed by atoms with Crippen molar-refractivity contribution in [3.63, 3.8) is 0 Å². The first-order chi connectivity index (χ1) is 20.5. The predicted molar refractivity (Wildman–Crippen MR) is 181 cm³/mol. The molecule has 0 spiro atoms. The molecule has 0 saturated heterocycles. The third-order valence-corrected chi connectivity index (χ3v) is 14.8. The van der Waals surface area contributed by atoms with Gasteiger partial charge in [-0.05, 0) is 128 Å². The number of rotatable bonds is 9. The van der Waals surface area contributed by atoms with Gasteiger partial charge in [0, 0.05) is 17.8 Å². The molecule has 4 aliphatic carbocycles. The van der Waals surface area contributed by atoms with Crippen LogP contribution in [0.5, 0.6) is 0 Å². The maximum atomic E-state index is 13.9. The molecule has 4 aliphatic rings. The van der Waals surface area contributed by atoms with Gasteiger partial charge in [-0.15, -0.1) is 0 Å². The van der Waals surface area contributed by atoms with Crippen molar-refractivity contribution in [2.45, 2.75) is 119 Å². The van der Waals surface area contributed by atoms with Crippen LogP contribution in [0.15, 0.2) is 33.5 Å². The molecule has 4 rings (SSSR count). The Morgan fingerprint density at radius 1 is 1.05 bits per heavy atom. The van der Waals surface area contributed by atoms with Crippen LogP contribution in [0.2, 0.25) is 0 Å². The third kappa shape index (κ3) is 6.14. The number of aliphatic hydroxyl groups is 1. The normalized spacial score (nSPS) is 40.6. The quantitative estimate of drug-likeness (QED) is 0.0836. The number of halogens is 2. The van der Waals surface area contributed by atoms with E-state index < -0.39 is 24.8 Å². The van der Waals surface area contributed by atoms with E-state index in [2.05, 4.69) is 66.1 Å². The first-order valence-electron chi connectivity index (χ1n) is 16.5. The van der Waals surface area contributed by atoms with Gasteiger partial charge in [0.1, 0.15) is 6.10 Å². The second-order valence-corrected chi connectivity index (χ2v) is 16.6. The molecule has 44 heavy (non-hydrogen) atoms. The number of hydrogen-bond donors (Lipinski definition) is 1. The summed E-state index contributed by atoms with van der Waals surface area (Å²) >= 11 is 7.74. The lowest BCUT2D eigenvalue weighted by atomic mass is 9.36. The molecule has 0 aliphatic heterocycles. The minimum atomic E-state index is -0.507. The Hall–Kier alpha value is -1.12. The summed E-state index contributed by atoms with van der Waals surface area (Å²) in [6, 6.07) is 0. The van der Waals surface area contributed by atoms with E-state index in [0.717, 1.165) is 46.6 Å². The van der Waals surface area contributed by atoms with Gasteiger partial charge >= 0.3 is 11.9 Å². The molecule has 0 heterocycles. The molecule has 6 nitrogen and oxygen atoms in total. The highest BCUT2D eigenvalue weighted by atomic mass is 79.9. The molecule has 0 radical (unpaired) electrons. The van der Waals surface area contributed by atoms with Crippen molar-refractivity contribution >= 4 is 43.8 Å². The Labute approximate surface area is 282 Å². The average Bonchev–Trinajstić information content (AvgIpc) is 3.21. The molecule has 0 amide bonds. The van der Waals surface area contributed by atoms with Crippen LogP contribution in [0.3, 0.4) is 0 Å². The van der Waals surface area contributed by atoms with Crippen molar-refractivity contribution in [3.05, 3.63) is 33.5 Å². The third-order valence-electron chi connectivity index (χ3n) is 12.6. The molecule has 4 fully saturated rings. The van der Waals surface area contributed by atoms with Crippen molar-refractivity contribution in [3.8, 4) is 0 Å². The fourth-order valence-corrected chi connectivity index (χ4v) is 11.8. The fraction of sp³-hybridized carbons (Fsp3) is 0.778. The highest BCUT2D eigenvalue weighted by molar-refractivity contribution is 9.11. The number of aliphatic hydroxyl groups excluding tert-OH is 1. The van der Waals surface area contributed by atoms with Crippen LogP contribution in [0.4, 0.5) is 0 Å². The number of carbonyl (C=O) groups is 2. The maximum Gasteiger partial charge on any atom is 0.336 e. The van der Waals surface area contributed by atoms with Crippen LogP contribution < -0.4 is 0 Å². The van der Waals surface area contributed by atoms with Gasteiger partial charge in [-0.1, -0.05) is 71.7 Å². The minimum Gasteiger partial charge on any atom is -0.491 e. The summed E-state index contributed by atoms with van der Waals surface area (Å²) in [5.74, 6) is 1.59. The van der Waals surface area contributed by atoms with Gasteiger partial charge in [0.15, 0.2) is 0 Å². The van der Waals surface area contributed by atoms with Crippen LogP contribution in [0.1, 0.15) is 107 Å². The summed E-state index contributed by atoms with van der Waals surface area (Å²) in [5.41, 5.74) is 2.27. The van der Waals surface area contributed by atoms with Crippen LogP contribution in [0, 0.1) is 45.8 Å². The molecule has 1 unspecified atom stereocenters. The molecular weight excluding hydrogens is 688 g/mol. The van der Waals surface area contributed by atoms with Gasteiger partial charge in [0.2, 0.25) is 6.79 Å². The van der Waals surface area contributed by atoms with Crippen molar-refractivity contribution in [2.75, 3.05) is 12.1 Å². The van der Waals surface area contributed by atoms with E-state index >= 15 is 0 Å². The minimum absolute atomic E-state index is 0.0443. The Morgan fingerprint density at radius 2 is 1.73 bits per heavy atom. The molecular formula is C36H54Br2O6. The van der Waals surface area contributed by atoms with Gasteiger partial charge in [-0.2, -0.15) is 0 Å². The second-order valence-electron chi connectivity index (χ2n) is 15.1. The molecule has 1 N–H and O–H groups in total. The smallest absolute Gasteiger partial charge is 0.336 e. The molecule has 4 saturated carbocycles. The molecule has 0 aromatic heterocycles. The van der Waals surface area contributed by atoms with Crippen molar-refractivity contribution in [1.29, 1.82) is 0 Å². The lowest BCUT2D eigenvalue weighted by Crippen LogP contribution is -2.67. The van der Waals surface area contributed by atoms with Crippen molar-refractivity contribution in [1.82, 2.24) is 0 Å². The molecule has 248 valence electrons. The standard InChI is InChI=1S/C36H54Br2O6/c1-20(2)28(38)11-10-25(33(41)43-19-42-24(7)39)31-27-16-29(40)32-34(8)14-12-22(5)23(6)26(34)13-15-36(32,18-37)35(27,9)17-30(31)44-21(3)4/h22-23,26-27,29-30,32,40H,3,10-19H2,1-2,4-9H3/b31-25-/t22-,23+,26+,27+,29-,30?,32+,34+,35+,36+/m1/s1. The largest absolute Gasteiger partial charge is 0.491 e. The zero-order valence-corrected chi connectivity index (χ0v) is 31.2. The number of fused-ring (bicyclic) bond motifs is 5. The van der Waals surface area contributed by atoms with Crippen LogP contribution in [-0.2, 0) is 23.8 Å². The van der Waals surface area contributed by atoms with Gasteiger partial charge in [0.25, 0.3) is 0 Å². The number of carbonyl (C=O) groups excluding carboxylic acids is 2. The monoisotopic (exact) mass is 740 g/mol. The summed E-state index contributed by atoms with van der Waals surface area (Å²) < 4.78 is 18.1. The van der Waals surface area contributed by atoms with E-state index in [1.165, 1.54) is 13.3 Å². The molecule has 0 aromatic carbocycles. The Bertz CT molecular complexity index is 1200. The van der Waals surface area contributed by atoms with Crippen LogP contribution in [-0.4, -0.2) is 41.4 Å². The van der Waals surface area contributed by atoms with E-state index in [1.54, 1.807) is 0 Å². The number of esters is 2. The molecule has 0 bridgehead atoms. The summed E-state index contributed by atoms with van der Waals surface area (Å²) in [6.45, 7) is 20.6. The lowest BCUT2D eigenvalue weighted by molar-refractivity contribution is -0.226. The Kier molecular flexibility index (Phi) is 11.0. The predicted octanol–water partition coefficient (Wildman–Crippen LogP) is 9.01. The lowest BCUT2D eigenvalue weighted by Gasteiger charge is -2.69. The molecule has 0 aromatic rings. The molecule has 8 heteroatoms. The summed E-state index contributed by atoms with van der Waals surface area (Å²) in [4.78, 5) is 25.3. The van der Waals surface area contributed by atoms with E-state index in [1.807, 2.05) is 20.8 Å². The van der Waals surface area contributed by atoms with Crippen LogP contribution in [0.25, 0.3) is 0 Å². The summed E-state index contributed by atoms with van der Waals surface area (Å²) in [6.07, 6.45) is 6.05. The topological polar surface area (TPSA) is 82.1 Å².